The van der Waals surface area contributed by atoms with Crippen molar-refractivity contribution in [2.45, 2.75) is 30.1 Å². The lowest BCUT2D eigenvalue weighted by Crippen LogP contribution is -2.59. The maximum Gasteiger partial charge on any atom is 0.457 e. The van der Waals surface area contributed by atoms with Crippen LogP contribution in [0.15, 0.2) is 48.5 Å². The molecule has 1 atom stereocenters. The molecule has 0 heterocycles. The molecular weight excluding hydrogens is 772 g/mol. The first-order valence-electron chi connectivity index (χ1n) is 11.3. The number of amides is 2. The fourth-order valence-corrected chi connectivity index (χ4v) is 4.52. The molecule has 0 aromatic heterocycles. The maximum atomic E-state index is 15.1. The van der Waals surface area contributed by atoms with Gasteiger partial charge in [0, 0.05) is 9.13 Å². The second-order valence-electron chi connectivity index (χ2n) is 8.78. The molecule has 20 heteroatoms. The third-order valence-corrected chi connectivity index (χ3v) is 6.74. The number of halogens is 16. The van der Waals surface area contributed by atoms with E-state index in [1.165, 1.54) is 5.32 Å². The Morgan fingerprint density at radius 2 is 1.20 bits per heavy atom. The Morgan fingerprint density at radius 3 is 1.69 bits per heavy atom. The molecule has 0 aliphatic rings. The molecule has 45 heavy (non-hydrogen) atoms. The van der Waals surface area contributed by atoms with E-state index in [0.29, 0.717) is 40.8 Å². The van der Waals surface area contributed by atoms with E-state index in [1.807, 2.05) is 0 Å². The van der Waals surface area contributed by atoms with Crippen molar-refractivity contribution >= 4 is 45.8 Å². The van der Waals surface area contributed by atoms with E-state index in [1.54, 1.807) is 5.32 Å². The summed E-state index contributed by atoms with van der Waals surface area (Å²) in [5.74, 6) is -15.3. The first-order chi connectivity index (χ1) is 20.4. The molecule has 0 radical (unpaired) electrons. The van der Waals surface area contributed by atoms with Crippen molar-refractivity contribution in [3.8, 4) is 0 Å². The van der Waals surface area contributed by atoms with Crippen LogP contribution in [0.3, 0.4) is 0 Å². The summed E-state index contributed by atoms with van der Waals surface area (Å²) in [5, 5.41) is 3.12. The third-order valence-electron chi connectivity index (χ3n) is 5.89. The molecule has 244 valence electrons. The Hall–Kier alpha value is -3.72. The molecular formula is C25H10F15IN2O2. The zero-order valence-corrected chi connectivity index (χ0v) is 23.1. The van der Waals surface area contributed by atoms with Gasteiger partial charge in [-0.05, 0) is 59.0 Å². The highest BCUT2D eigenvalue weighted by Crippen LogP contribution is 2.59. The van der Waals surface area contributed by atoms with E-state index in [-0.39, 0.29) is 0 Å². The Morgan fingerprint density at radius 1 is 0.667 bits per heavy atom. The summed E-state index contributed by atoms with van der Waals surface area (Å²) in [7, 11) is 0. The predicted molar refractivity (Wildman–Crippen MR) is 133 cm³/mol. The molecule has 0 saturated carbocycles. The summed E-state index contributed by atoms with van der Waals surface area (Å²) in [6, 6.07) is 2.85. The van der Waals surface area contributed by atoms with Crippen LogP contribution in [0.25, 0.3) is 0 Å². The summed E-state index contributed by atoms with van der Waals surface area (Å²) >= 11 is 0.669. The number of hydrogen-bond donors (Lipinski definition) is 2. The van der Waals surface area contributed by atoms with Crippen molar-refractivity contribution in [3.63, 3.8) is 0 Å². The Kier molecular flexibility index (Phi) is 9.45. The minimum atomic E-state index is -7.31. The number of hydrogen-bond acceptors (Lipinski definition) is 2. The number of anilines is 2. The average Bonchev–Trinajstić information content (AvgIpc) is 2.88. The molecule has 2 N–H and O–H groups in total. The highest BCUT2D eigenvalue weighted by Gasteiger charge is 2.82. The maximum absolute atomic E-state index is 15.1. The molecule has 3 aromatic rings. The molecule has 4 nitrogen and oxygen atoms in total. The summed E-state index contributed by atoms with van der Waals surface area (Å²) in [4.78, 5) is 25.0. The van der Waals surface area contributed by atoms with Crippen molar-refractivity contribution in [1.82, 2.24) is 0 Å². The van der Waals surface area contributed by atoms with Crippen LogP contribution in [-0.2, 0) is 11.8 Å². The van der Waals surface area contributed by atoms with Crippen molar-refractivity contribution in [2.75, 3.05) is 10.6 Å². The van der Waals surface area contributed by atoms with Gasteiger partial charge in [-0.1, -0.05) is 12.1 Å². The fourth-order valence-electron chi connectivity index (χ4n) is 3.76. The van der Waals surface area contributed by atoms with Crippen LogP contribution in [0.2, 0.25) is 0 Å². The van der Waals surface area contributed by atoms with Crippen molar-refractivity contribution < 1.29 is 75.4 Å². The standard InChI is InChI=1S/C25H10F15IN2O2/c26-12-4-2-5-13(27)16(12)20(45)42-15-6-1-3-10(17(15)28)19(44)43-18-11(22(30,31)32)7-9(8-14(18)41)21(29,24(35,36)37)23(33,34)25(38,39)40/h1-8H,(H,42,45)(H,43,44). The van der Waals surface area contributed by atoms with E-state index in [2.05, 4.69) is 0 Å². The SMILES string of the molecule is O=C(Nc1c(I)cc(C(F)(C(F)(F)F)C(F)(F)C(F)(F)F)cc1C(F)(F)F)c1cccc(NC(=O)c2c(F)cccc2F)c1F. The first-order valence-corrected chi connectivity index (χ1v) is 12.4. The van der Waals surface area contributed by atoms with E-state index in [0.717, 1.165) is 18.2 Å². The van der Waals surface area contributed by atoms with E-state index in [9.17, 15) is 71.1 Å². The zero-order chi connectivity index (χ0) is 34.5. The van der Waals surface area contributed by atoms with Gasteiger partial charge in [0.15, 0.2) is 5.82 Å². The first kappa shape index (κ1) is 35.8. The summed E-state index contributed by atoms with van der Waals surface area (Å²) in [6.07, 6.45) is -20.3. The minimum absolute atomic E-state index is 0.464. The lowest BCUT2D eigenvalue weighted by molar-refractivity contribution is -0.389. The van der Waals surface area contributed by atoms with E-state index in [4.69, 9.17) is 0 Å². The van der Waals surface area contributed by atoms with Crippen LogP contribution in [0.5, 0.6) is 0 Å². The molecule has 0 spiro atoms. The number of carbonyl (C=O) groups excluding carboxylic acids is 2. The van der Waals surface area contributed by atoms with E-state index >= 15 is 4.39 Å². The lowest BCUT2D eigenvalue weighted by Gasteiger charge is -2.36. The van der Waals surface area contributed by atoms with Crippen molar-refractivity contribution in [2.24, 2.45) is 0 Å². The van der Waals surface area contributed by atoms with Crippen LogP contribution >= 0.6 is 22.6 Å². The number of benzene rings is 3. The Balaban J connectivity index is 2.11. The Labute approximate surface area is 253 Å². The van der Waals surface area contributed by atoms with Gasteiger partial charge in [0.25, 0.3) is 11.8 Å². The van der Waals surface area contributed by atoms with Gasteiger partial charge in [-0.3, -0.25) is 9.59 Å². The number of carbonyl (C=O) groups is 2. The van der Waals surface area contributed by atoms with Crippen molar-refractivity contribution in [1.29, 1.82) is 0 Å². The number of nitrogens with one attached hydrogen (secondary N) is 2. The fraction of sp³-hybridized carbons (Fsp3) is 0.200. The summed E-state index contributed by atoms with van der Waals surface area (Å²) < 4.78 is 204. The van der Waals surface area contributed by atoms with Gasteiger partial charge in [0.1, 0.15) is 17.2 Å². The van der Waals surface area contributed by atoms with Crippen LogP contribution in [0, 0.1) is 21.0 Å². The highest BCUT2D eigenvalue weighted by atomic mass is 127. The number of rotatable bonds is 6. The van der Waals surface area contributed by atoms with Crippen LogP contribution in [0.1, 0.15) is 31.8 Å². The molecule has 0 saturated heterocycles. The number of alkyl halides is 12. The van der Waals surface area contributed by atoms with Gasteiger partial charge in [0.2, 0.25) is 0 Å². The van der Waals surface area contributed by atoms with Gasteiger partial charge < -0.3 is 10.6 Å². The average molecular weight is 782 g/mol. The lowest BCUT2D eigenvalue weighted by atomic mass is 9.86. The molecule has 0 aliphatic heterocycles. The highest BCUT2D eigenvalue weighted by molar-refractivity contribution is 14.1. The minimum Gasteiger partial charge on any atom is -0.320 e. The smallest absolute Gasteiger partial charge is 0.320 e. The topological polar surface area (TPSA) is 58.2 Å². The molecule has 0 bridgehead atoms. The summed E-state index contributed by atoms with van der Waals surface area (Å²) in [6.45, 7) is 0. The molecule has 1 unspecified atom stereocenters. The molecule has 3 rings (SSSR count). The normalized spacial score (nSPS) is 14.1. The molecule has 0 aliphatic carbocycles. The van der Waals surface area contributed by atoms with Crippen LogP contribution < -0.4 is 10.6 Å². The van der Waals surface area contributed by atoms with Gasteiger partial charge in [0.05, 0.1) is 22.5 Å². The largest absolute Gasteiger partial charge is 0.457 e. The van der Waals surface area contributed by atoms with Gasteiger partial charge in [-0.25, -0.2) is 17.6 Å². The van der Waals surface area contributed by atoms with E-state index < -0.39 is 109 Å². The zero-order valence-electron chi connectivity index (χ0n) is 21.0. The Bertz CT molecular complexity index is 1630. The van der Waals surface area contributed by atoms with Gasteiger partial charge >= 0.3 is 30.1 Å². The predicted octanol–water partition coefficient (Wildman–Crippen LogP) is 9.16. The van der Waals surface area contributed by atoms with Gasteiger partial charge in [-0.2, -0.15) is 48.3 Å². The molecule has 3 aromatic carbocycles. The van der Waals surface area contributed by atoms with Crippen LogP contribution in [-0.4, -0.2) is 30.1 Å². The quantitative estimate of drug-likeness (QED) is 0.194. The molecule has 2 amide bonds. The van der Waals surface area contributed by atoms with Gasteiger partial charge in [-0.15, -0.1) is 0 Å². The third kappa shape index (κ3) is 6.50. The second kappa shape index (κ2) is 11.9. The summed E-state index contributed by atoms with van der Waals surface area (Å²) in [5.41, 5.74) is -17.1. The van der Waals surface area contributed by atoms with Crippen molar-refractivity contribution in [3.05, 3.63) is 91.8 Å². The van der Waals surface area contributed by atoms with Crippen LogP contribution in [0.4, 0.5) is 77.2 Å². The monoisotopic (exact) mass is 782 g/mol. The molecule has 0 fully saturated rings. The second-order valence-corrected chi connectivity index (χ2v) is 9.94.